The van der Waals surface area contributed by atoms with E-state index in [2.05, 4.69) is 32.7 Å². The molecule has 0 aliphatic carbocycles. The predicted octanol–water partition coefficient (Wildman–Crippen LogP) is 3.56. The van der Waals surface area contributed by atoms with Crippen molar-refractivity contribution in [2.75, 3.05) is 55.6 Å². The molecule has 0 saturated carbocycles. The van der Waals surface area contributed by atoms with E-state index in [0.29, 0.717) is 23.7 Å². The first-order chi connectivity index (χ1) is 16.1. The van der Waals surface area contributed by atoms with Gasteiger partial charge in [0, 0.05) is 43.8 Å². The van der Waals surface area contributed by atoms with Crippen LogP contribution in [0.1, 0.15) is 22.0 Å². The molecular weight excluding hydrogens is 418 g/mol. The van der Waals surface area contributed by atoms with E-state index >= 15 is 0 Å². The van der Waals surface area contributed by atoms with Crippen molar-refractivity contribution in [1.82, 2.24) is 4.98 Å². The fraction of sp³-hybridized carbons (Fsp3) is 0.280. The van der Waals surface area contributed by atoms with Crippen LogP contribution < -0.4 is 21.3 Å². The van der Waals surface area contributed by atoms with Gasteiger partial charge < -0.3 is 30.7 Å². The molecule has 3 aromatic rings. The third-order valence-electron chi connectivity index (χ3n) is 5.53. The number of nitrogens with zero attached hydrogens (tertiary/aromatic N) is 2. The SMILES string of the molecule is COC[C@@H](Nc1cc(Nc2cccc(N3CCOCC3)c2)ncc1C(N)=O)c1ccccc1. The molecule has 1 fully saturated rings. The van der Waals surface area contributed by atoms with E-state index in [0.717, 1.165) is 43.2 Å². The second-order valence-electron chi connectivity index (χ2n) is 7.82. The van der Waals surface area contributed by atoms with Gasteiger partial charge >= 0.3 is 0 Å². The van der Waals surface area contributed by atoms with Crippen LogP contribution in [0.4, 0.5) is 22.9 Å². The van der Waals surface area contributed by atoms with Gasteiger partial charge in [0.05, 0.1) is 37.1 Å². The van der Waals surface area contributed by atoms with Gasteiger partial charge in [0.1, 0.15) is 5.82 Å². The van der Waals surface area contributed by atoms with Gasteiger partial charge in [-0.1, -0.05) is 36.4 Å². The summed E-state index contributed by atoms with van der Waals surface area (Å²) in [4.78, 5) is 18.8. The summed E-state index contributed by atoms with van der Waals surface area (Å²) in [5.41, 5.74) is 9.60. The molecule has 0 unspecified atom stereocenters. The summed E-state index contributed by atoms with van der Waals surface area (Å²) in [6.45, 7) is 3.61. The van der Waals surface area contributed by atoms with E-state index in [1.165, 1.54) is 6.20 Å². The highest BCUT2D eigenvalue weighted by Crippen LogP contribution is 2.28. The molecule has 8 heteroatoms. The number of amides is 1. The van der Waals surface area contributed by atoms with Gasteiger partial charge in [-0.15, -0.1) is 0 Å². The Labute approximate surface area is 193 Å². The molecule has 172 valence electrons. The lowest BCUT2D eigenvalue weighted by molar-refractivity contribution is 0.100. The van der Waals surface area contributed by atoms with E-state index < -0.39 is 5.91 Å². The molecule has 2 heterocycles. The topological polar surface area (TPSA) is 102 Å². The number of nitrogens with two attached hydrogens (primary N) is 1. The second-order valence-corrected chi connectivity index (χ2v) is 7.82. The molecule has 4 N–H and O–H groups in total. The number of anilines is 4. The zero-order valence-corrected chi connectivity index (χ0v) is 18.7. The highest BCUT2D eigenvalue weighted by molar-refractivity contribution is 5.98. The normalized spacial score (nSPS) is 14.5. The van der Waals surface area contributed by atoms with Crippen LogP contribution in [0.2, 0.25) is 0 Å². The molecule has 4 rings (SSSR count). The average molecular weight is 448 g/mol. The van der Waals surface area contributed by atoms with Crippen molar-refractivity contribution in [3.05, 3.63) is 78.0 Å². The molecule has 33 heavy (non-hydrogen) atoms. The zero-order chi connectivity index (χ0) is 23.0. The minimum atomic E-state index is -0.546. The molecule has 1 amide bonds. The number of hydrogen-bond donors (Lipinski definition) is 3. The van der Waals surface area contributed by atoms with Crippen LogP contribution in [0, 0.1) is 0 Å². The number of morpholine rings is 1. The number of rotatable bonds is 9. The number of carbonyl (C=O) groups is 1. The minimum Gasteiger partial charge on any atom is -0.382 e. The lowest BCUT2D eigenvalue weighted by atomic mass is 10.1. The third-order valence-corrected chi connectivity index (χ3v) is 5.53. The Morgan fingerprint density at radius 3 is 2.67 bits per heavy atom. The van der Waals surface area contributed by atoms with E-state index in [9.17, 15) is 4.79 Å². The Morgan fingerprint density at radius 1 is 1.15 bits per heavy atom. The van der Waals surface area contributed by atoms with E-state index in [4.69, 9.17) is 15.2 Å². The number of hydrogen-bond acceptors (Lipinski definition) is 7. The molecule has 1 aliphatic rings. The van der Waals surface area contributed by atoms with Gasteiger partial charge in [-0.25, -0.2) is 4.98 Å². The fourth-order valence-electron chi connectivity index (χ4n) is 3.85. The van der Waals surface area contributed by atoms with Crippen LogP contribution in [-0.2, 0) is 9.47 Å². The van der Waals surface area contributed by atoms with Crippen molar-refractivity contribution in [3.63, 3.8) is 0 Å². The standard InChI is InChI=1S/C25H29N5O3/c1-32-17-23(18-6-3-2-4-7-18)29-22-15-24(27-16-21(22)25(26)31)28-19-8-5-9-20(14-19)30-10-12-33-13-11-30/h2-9,14-16,23H,10-13,17H2,1H3,(H2,26,31)(H2,27,28,29)/t23-/m1/s1. The molecule has 1 aromatic heterocycles. The summed E-state index contributed by atoms with van der Waals surface area (Å²) in [6.07, 6.45) is 1.49. The Balaban J connectivity index is 1.58. The third kappa shape index (κ3) is 5.79. The second kappa shape index (κ2) is 10.8. The van der Waals surface area contributed by atoms with Crippen LogP contribution in [0.15, 0.2) is 66.9 Å². The monoisotopic (exact) mass is 447 g/mol. The Morgan fingerprint density at radius 2 is 1.94 bits per heavy atom. The summed E-state index contributed by atoms with van der Waals surface area (Å²) < 4.78 is 10.9. The molecular formula is C25H29N5O3. The number of aromatic nitrogens is 1. The van der Waals surface area contributed by atoms with Crippen LogP contribution >= 0.6 is 0 Å². The van der Waals surface area contributed by atoms with Gasteiger partial charge in [0.2, 0.25) is 0 Å². The fourth-order valence-corrected chi connectivity index (χ4v) is 3.85. The number of pyridine rings is 1. The van der Waals surface area contributed by atoms with Crippen molar-refractivity contribution >= 4 is 28.8 Å². The smallest absolute Gasteiger partial charge is 0.252 e. The van der Waals surface area contributed by atoms with E-state index in [1.807, 2.05) is 42.5 Å². The first-order valence-corrected chi connectivity index (χ1v) is 10.9. The summed E-state index contributed by atoms with van der Waals surface area (Å²) in [5.74, 6) is 0.0564. The minimum absolute atomic E-state index is 0.158. The number of nitrogens with one attached hydrogen (secondary N) is 2. The number of primary amides is 1. The Kier molecular flexibility index (Phi) is 7.39. The largest absolute Gasteiger partial charge is 0.382 e. The quantitative estimate of drug-likeness (QED) is 0.461. The lowest BCUT2D eigenvalue weighted by Gasteiger charge is -2.29. The average Bonchev–Trinajstić information content (AvgIpc) is 2.85. The van der Waals surface area contributed by atoms with Gasteiger partial charge in [-0.05, 0) is 23.8 Å². The zero-order valence-electron chi connectivity index (χ0n) is 18.7. The molecule has 0 spiro atoms. The van der Waals surface area contributed by atoms with Crippen LogP contribution in [0.3, 0.4) is 0 Å². The molecule has 1 aliphatic heterocycles. The highest BCUT2D eigenvalue weighted by Gasteiger charge is 2.17. The first-order valence-electron chi connectivity index (χ1n) is 10.9. The van der Waals surface area contributed by atoms with E-state index in [-0.39, 0.29) is 6.04 Å². The first kappa shape index (κ1) is 22.6. The summed E-state index contributed by atoms with van der Waals surface area (Å²) in [5, 5.41) is 6.75. The van der Waals surface area contributed by atoms with Gasteiger partial charge in [-0.3, -0.25) is 4.79 Å². The molecule has 1 atom stereocenters. The van der Waals surface area contributed by atoms with Gasteiger partial charge in [0.15, 0.2) is 0 Å². The Bertz CT molecular complexity index is 1070. The summed E-state index contributed by atoms with van der Waals surface area (Å²) in [6, 6.07) is 19.7. The molecule has 1 saturated heterocycles. The van der Waals surface area contributed by atoms with Gasteiger partial charge in [-0.2, -0.15) is 0 Å². The van der Waals surface area contributed by atoms with Crippen LogP contribution in [0.25, 0.3) is 0 Å². The lowest BCUT2D eigenvalue weighted by Crippen LogP contribution is -2.36. The predicted molar refractivity (Wildman–Crippen MR) is 130 cm³/mol. The van der Waals surface area contributed by atoms with Gasteiger partial charge in [0.25, 0.3) is 5.91 Å². The molecule has 2 aromatic carbocycles. The van der Waals surface area contributed by atoms with Crippen LogP contribution in [-0.4, -0.2) is 50.9 Å². The maximum absolute atomic E-state index is 12.1. The molecule has 0 radical (unpaired) electrons. The van der Waals surface area contributed by atoms with Crippen molar-refractivity contribution in [3.8, 4) is 0 Å². The van der Waals surface area contributed by atoms with Crippen LogP contribution in [0.5, 0.6) is 0 Å². The molecule has 0 bridgehead atoms. The maximum atomic E-state index is 12.1. The molecule has 8 nitrogen and oxygen atoms in total. The van der Waals surface area contributed by atoms with E-state index in [1.54, 1.807) is 13.2 Å². The number of carbonyl (C=O) groups excluding carboxylic acids is 1. The number of ether oxygens (including phenoxy) is 2. The van der Waals surface area contributed by atoms with Crippen molar-refractivity contribution < 1.29 is 14.3 Å². The number of methoxy groups -OCH3 is 1. The van der Waals surface area contributed by atoms with Crippen molar-refractivity contribution in [2.24, 2.45) is 5.73 Å². The number of benzene rings is 2. The highest BCUT2D eigenvalue weighted by atomic mass is 16.5. The maximum Gasteiger partial charge on any atom is 0.252 e. The Hall–Kier alpha value is -3.62. The van der Waals surface area contributed by atoms with Crippen molar-refractivity contribution in [1.29, 1.82) is 0 Å². The van der Waals surface area contributed by atoms with Crippen molar-refractivity contribution in [2.45, 2.75) is 6.04 Å². The summed E-state index contributed by atoms with van der Waals surface area (Å²) >= 11 is 0. The summed E-state index contributed by atoms with van der Waals surface area (Å²) in [7, 11) is 1.65.